The molecule has 0 N–H and O–H groups in total. The highest BCUT2D eigenvalue weighted by molar-refractivity contribution is 6.11. The van der Waals surface area contributed by atoms with Crippen LogP contribution in [0.3, 0.4) is 0 Å². The first-order valence-corrected chi connectivity index (χ1v) is 9.55. The second-order valence-corrected chi connectivity index (χ2v) is 7.34. The number of ether oxygens (including phenoxy) is 2. The Kier molecular flexibility index (Phi) is 4.93. The molecule has 4 nitrogen and oxygen atoms in total. The molecule has 0 aromatic heterocycles. The highest BCUT2D eigenvalue weighted by Gasteiger charge is 2.40. The van der Waals surface area contributed by atoms with E-state index in [0.29, 0.717) is 22.8 Å². The second kappa shape index (κ2) is 7.55. The summed E-state index contributed by atoms with van der Waals surface area (Å²) in [4.78, 5) is 26.3. The number of para-hydroxylation sites is 1. The van der Waals surface area contributed by atoms with Crippen LogP contribution in [0, 0.1) is 12.8 Å². The lowest BCUT2D eigenvalue weighted by Gasteiger charge is -2.32. The number of carbonyl (C=O) groups is 2. The van der Waals surface area contributed by atoms with Gasteiger partial charge in [0.25, 0.3) is 0 Å². The molecule has 146 valence electrons. The average Bonchev–Trinajstić information content (AvgIpc) is 2.73. The van der Waals surface area contributed by atoms with Gasteiger partial charge in [0.05, 0.1) is 13.0 Å². The number of aryl methyl sites for hydroxylation is 1. The molecule has 1 aliphatic heterocycles. The van der Waals surface area contributed by atoms with Gasteiger partial charge >= 0.3 is 0 Å². The molecule has 3 aromatic rings. The summed E-state index contributed by atoms with van der Waals surface area (Å²) < 4.78 is 11.4. The molecule has 0 amide bonds. The molecule has 0 spiro atoms. The minimum absolute atomic E-state index is 0.175. The lowest BCUT2D eigenvalue weighted by Crippen LogP contribution is -2.31. The summed E-state index contributed by atoms with van der Waals surface area (Å²) >= 11 is 0. The minimum Gasteiger partial charge on any atom is -0.497 e. The van der Waals surface area contributed by atoms with Gasteiger partial charge in [-0.2, -0.15) is 0 Å². The van der Waals surface area contributed by atoms with Gasteiger partial charge in [-0.25, -0.2) is 0 Å². The smallest absolute Gasteiger partial charge is 0.174 e. The first-order chi connectivity index (χ1) is 14.0. The Morgan fingerprint density at radius 1 is 0.931 bits per heavy atom. The molecule has 4 heteroatoms. The third kappa shape index (κ3) is 3.42. The summed E-state index contributed by atoms with van der Waals surface area (Å²) in [5, 5.41) is 0. The summed E-state index contributed by atoms with van der Waals surface area (Å²) in [6.45, 7) is 3.45. The molecule has 0 aliphatic carbocycles. The molecule has 2 unspecified atom stereocenters. The van der Waals surface area contributed by atoms with E-state index in [1.54, 1.807) is 19.2 Å². The largest absolute Gasteiger partial charge is 0.497 e. The summed E-state index contributed by atoms with van der Waals surface area (Å²) in [7, 11) is 1.59. The van der Waals surface area contributed by atoms with Crippen molar-refractivity contribution in [2.75, 3.05) is 7.11 Å². The summed E-state index contributed by atoms with van der Waals surface area (Å²) in [6, 6.07) is 20.4. The molecule has 0 saturated heterocycles. The molecule has 29 heavy (non-hydrogen) atoms. The Morgan fingerprint density at radius 3 is 2.31 bits per heavy atom. The van der Waals surface area contributed by atoms with Gasteiger partial charge in [-0.05, 0) is 38.1 Å². The summed E-state index contributed by atoms with van der Waals surface area (Å²) in [5.74, 6) is 0.293. The molecule has 1 heterocycles. The van der Waals surface area contributed by atoms with Gasteiger partial charge in [-0.15, -0.1) is 0 Å². The Labute approximate surface area is 170 Å². The van der Waals surface area contributed by atoms with Crippen LogP contribution in [0.15, 0.2) is 66.7 Å². The zero-order chi connectivity index (χ0) is 20.5. The van der Waals surface area contributed by atoms with Crippen molar-refractivity contribution in [2.45, 2.75) is 19.8 Å². The van der Waals surface area contributed by atoms with Crippen LogP contribution in [-0.4, -0.2) is 18.7 Å². The Morgan fingerprint density at radius 2 is 1.62 bits per heavy atom. The number of rotatable bonds is 5. The van der Waals surface area contributed by atoms with Gasteiger partial charge < -0.3 is 9.47 Å². The van der Waals surface area contributed by atoms with E-state index in [-0.39, 0.29) is 11.6 Å². The van der Waals surface area contributed by atoms with Crippen LogP contribution in [0.4, 0.5) is 0 Å². The number of carbonyl (C=O) groups excluding carboxylic acids is 2. The van der Waals surface area contributed by atoms with Gasteiger partial charge in [0.15, 0.2) is 5.78 Å². The van der Waals surface area contributed by atoms with Crippen LogP contribution in [0.1, 0.15) is 39.9 Å². The molecular formula is C25H22O4. The van der Waals surface area contributed by atoms with E-state index >= 15 is 0 Å². The number of fused-ring (bicyclic) bond motifs is 2. The third-order valence-corrected chi connectivity index (χ3v) is 5.42. The number of ketones is 2. The van der Waals surface area contributed by atoms with Crippen LogP contribution in [0.25, 0.3) is 0 Å². The first kappa shape index (κ1) is 18.9. The monoisotopic (exact) mass is 386 g/mol. The van der Waals surface area contributed by atoms with Crippen molar-refractivity contribution in [1.29, 1.82) is 0 Å². The van der Waals surface area contributed by atoms with E-state index in [1.807, 2.05) is 61.5 Å². The maximum absolute atomic E-state index is 13.5. The molecule has 3 aromatic carbocycles. The topological polar surface area (TPSA) is 52.6 Å². The van der Waals surface area contributed by atoms with Crippen molar-refractivity contribution in [3.63, 3.8) is 0 Å². The molecule has 1 aliphatic rings. The van der Waals surface area contributed by atoms with Gasteiger partial charge in [0.1, 0.15) is 23.0 Å². The van der Waals surface area contributed by atoms with Crippen LogP contribution in [0.2, 0.25) is 0 Å². The maximum Gasteiger partial charge on any atom is 0.174 e. The lowest BCUT2D eigenvalue weighted by molar-refractivity contribution is -0.119. The summed E-state index contributed by atoms with van der Waals surface area (Å²) in [5.41, 5.74) is 3.20. The quantitative estimate of drug-likeness (QED) is 0.439. The third-order valence-electron chi connectivity index (χ3n) is 5.42. The highest BCUT2D eigenvalue weighted by atomic mass is 16.5. The van der Waals surface area contributed by atoms with Crippen LogP contribution in [-0.2, 0) is 4.79 Å². The zero-order valence-corrected chi connectivity index (χ0v) is 16.6. The van der Waals surface area contributed by atoms with E-state index in [2.05, 4.69) is 0 Å². The van der Waals surface area contributed by atoms with Crippen molar-refractivity contribution in [3.05, 3.63) is 89.0 Å². The van der Waals surface area contributed by atoms with Crippen molar-refractivity contribution in [1.82, 2.24) is 0 Å². The average molecular weight is 386 g/mol. The molecule has 0 fully saturated rings. The number of hydrogen-bond donors (Lipinski definition) is 0. The number of Topliss-reactive ketones (excluding diaryl/α,β-unsaturated/α-hetero) is 2. The number of hydrogen-bond acceptors (Lipinski definition) is 4. The maximum atomic E-state index is 13.5. The predicted molar refractivity (Wildman–Crippen MR) is 111 cm³/mol. The minimum atomic E-state index is -0.853. The Balaban J connectivity index is 1.89. The molecule has 2 atom stereocenters. The first-order valence-electron chi connectivity index (χ1n) is 9.55. The van der Waals surface area contributed by atoms with Crippen molar-refractivity contribution < 1.29 is 19.1 Å². The fourth-order valence-corrected chi connectivity index (χ4v) is 3.93. The molecule has 0 bridgehead atoms. The predicted octanol–water partition coefficient (Wildman–Crippen LogP) is 5.33. The van der Waals surface area contributed by atoms with Crippen LogP contribution < -0.4 is 9.47 Å². The lowest BCUT2D eigenvalue weighted by atomic mass is 9.73. The fourth-order valence-electron chi connectivity index (χ4n) is 3.93. The van der Waals surface area contributed by atoms with E-state index in [4.69, 9.17) is 9.47 Å². The molecule has 4 rings (SSSR count). The standard InChI is InChI=1S/C25H22O4/c1-15-8-10-17(11-9-15)25(27)23(16(2)26)24-19-6-4-5-7-21(19)29-22-13-12-18(28-3)14-20(22)24/h4-14,23-24H,1-3H3. The number of methoxy groups -OCH3 is 1. The highest BCUT2D eigenvalue weighted by Crippen LogP contribution is 2.49. The van der Waals surface area contributed by atoms with Crippen molar-refractivity contribution in [3.8, 4) is 17.2 Å². The van der Waals surface area contributed by atoms with Gasteiger partial charge in [0.2, 0.25) is 0 Å². The van der Waals surface area contributed by atoms with Gasteiger partial charge in [-0.1, -0.05) is 48.0 Å². The fraction of sp³-hybridized carbons (Fsp3) is 0.200. The molecule has 0 radical (unpaired) electrons. The Hall–Kier alpha value is -3.40. The zero-order valence-electron chi connectivity index (χ0n) is 16.6. The molecular weight excluding hydrogens is 364 g/mol. The Bertz CT molecular complexity index is 1080. The van der Waals surface area contributed by atoms with E-state index in [1.165, 1.54) is 6.92 Å². The van der Waals surface area contributed by atoms with Gasteiger partial charge in [0, 0.05) is 22.6 Å². The van der Waals surface area contributed by atoms with Gasteiger partial charge in [-0.3, -0.25) is 9.59 Å². The second-order valence-electron chi connectivity index (χ2n) is 7.34. The SMILES string of the molecule is COc1ccc2c(c1)C(C(C(C)=O)C(=O)c1ccc(C)cc1)c1ccccc1O2. The van der Waals surface area contributed by atoms with Crippen LogP contribution in [0.5, 0.6) is 17.2 Å². The van der Waals surface area contributed by atoms with Crippen molar-refractivity contribution in [2.24, 2.45) is 5.92 Å². The van der Waals surface area contributed by atoms with Crippen molar-refractivity contribution >= 4 is 11.6 Å². The number of benzene rings is 3. The van der Waals surface area contributed by atoms with Crippen LogP contribution >= 0.6 is 0 Å². The normalized spacial score (nSPS) is 15.5. The van der Waals surface area contributed by atoms with E-state index in [0.717, 1.165) is 16.7 Å². The molecule has 0 saturated carbocycles. The van der Waals surface area contributed by atoms with E-state index < -0.39 is 11.8 Å². The summed E-state index contributed by atoms with van der Waals surface area (Å²) in [6.07, 6.45) is 0. The van der Waals surface area contributed by atoms with E-state index in [9.17, 15) is 9.59 Å².